The van der Waals surface area contributed by atoms with E-state index in [1.165, 1.54) is 27.3 Å². The van der Waals surface area contributed by atoms with Gasteiger partial charge in [0.25, 0.3) is 0 Å². The van der Waals surface area contributed by atoms with Crippen molar-refractivity contribution in [3.8, 4) is 45.3 Å². The van der Waals surface area contributed by atoms with Crippen LogP contribution in [0.5, 0.6) is 0 Å². The first-order chi connectivity index (χ1) is 24.3. The zero-order chi connectivity index (χ0) is 32.3. The number of para-hydroxylation sites is 1. The second-order valence-electron chi connectivity index (χ2n) is 12.4. The highest BCUT2D eigenvalue weighted by Gasteiger charge is 2.19. The molecule has 0 aliphatic rings. The number of benzene rings is 8. The topological polar surface area (TPSA) is 51.8 Å². The van der Waals surface area contributed by atoms with Gasteiger partial charge in [0.2, 0.25) is 0 Å². The third-order valence-corrected chi connectivity index (χ3v) is 9.51. The van der Waals surface area contributed by atoms with Crippen molar-refractivity contribution in [2.24, 2.45) is 0 Å². The lowest BCUT2D eigenvalue weighted by Crippen LogP contribution is -2.01. The van der Waals surface area contributed by atoms with Crippen molar-refractivity contribution in [2.45, 2.75) is 0 Å². The maximum Gasteiger partial charge on any atom is 0.164 e. The lowest BCUT2D eigenvalue weighted by atomic mass is 9.95. The fourth-order valence-electron chi connectivity index (χ4n) is 7.16. The Kier molecular flexibility index (Phi) is 6.15. The van der Waals surface area contributed by atoms with E-state index in [4.69, 9.17) is 19.4 Å². The summed E-state index contributed by atoms with van der Waals surface area (Å²) in [7, 11) is 0. The van der Waals surface area contributed by atoms with Crippen LogP contribution in [0.2, 0.25) is 0 Å². The van der Waals surface area contributed by atoms with E-state index >= 15 is 0 Å². The van der Waals surface area contributed by atoms with Crippen molar-refractivity contribution >= 4 is 54.3 Å². The van der Waals surface area contributed by atoms with Gasteiger partial charge in [-0.3, -0.25) is 0 Å². The highest BCUT2D eigenvalue weighted by atomic mass is 16.3. The third-order valence-electron chi connectivity index (χ3n) is 9.51. The molecule has 0 bridgehead atoms. The molecule has 4 nitrogen and oxygen atoms in total. The molecule has 2 aromatic heterocycles. The molecule has 0 saturated carbocycles. The number of aromatic nitrogens is 3. The van der Waals surface area contributed by atoms with Gasteiger partial charge in [0.15, 0.2) is 17.5 Å². The van der Waals surface area contributed by atoms with E-state index in [1.54, 1.807) is 0 Å². The van der Waals surface area contributed by atoms with Gasteiger partial charge in [0.05, 0.1) is 0 Å². The van der Waals surface area contributed by atoms with E-state index in [-0.39, 0.29) is 0 Å². The number of hydrogen-bond acceptors (Lipinski definition) is 4. The SMILES string of the molecule is c1ccc2cc(-c3nc(-c4cccc5cc(-c6cccc7ccccc67)ccc45)nc(-c4cccc5oc6ccccc6c45)n3)ccc2c1. The molecule has 49 heavy (non-hydrogen) atoms. The van der Waals surface area contributed by atoms with Crippen molar-refractivity contribution in [2.75, 3.05) is 0 Å². The molecule has 0 radical (unpaired) electrons. The van der Waals surface area contributed by atoms with Crippen LogP contribution in [0.4, 0.5) is 0 Å². The standard InChI is InChI=1S/C45H27N3O/c1-2-12-30-26-33(23-22-28(30)10-1)43-46-44(48-45(47-43)39-19-9-21-41-42(39)38-16-5-6-20-40(38)49-41)37-18-8-14-31-27-32(24-25-36(31)37)35-17-7-13-29-11-3-4-15-34(29)35/h1-27H. The molecule has 0 fully saturated rings. The van der Waals surface area contributed by atoms with Gasteiger partial charge in [0, 0.05) is 27.5 Å². The van der Waals surface area contributed by atoms with Crippen molar-refractivity contribution in [3.63, 3.8) is 0 Å². The summed E-state index contributed by atoms with van der Waals surface area (Å²) < 4.78 is 6.25. The summed E-state index contributed by atoms with van der Waals surface area (Å²) >= 11 is 0. The highest BCUT2D eigenvalue weighted by Crippen LogP contribution is 2.38. The van der Waals surface area contributed by atoms with Gasteiger partial charge < -0.3 is 4.42 Å². The van der Waals surface area contributed by atoms with Crippen molar-refractivity contribution in [1.29, 1.82) is 0 Å². The predicted octanol–water partition coefficient (Wildman–Crippen LogP) is 11.9. The second kappa shape index (κ2) is 11.0. The average Bonchev–Trinajstić information content (AvgIpc) is 3.56. The van der Waals surface area contributed by atoms with E-state index < -0.39 is 0 Å². The van der Waals surface area contributed by atoms with Crippen LogP contribution in [0.1, 0.15) is 0 Å². The Balaban J connectivity index is 1.20. The van der Waals surface area contributed by atoms with Crippen LogP contribution in [0.15, 0.2) is 168 Å². The van der Waals surface area contributed by atoms with Crippen LogP contribution in [-0.2, 0) is 0 Å². The zero-order valence-corrected chi connectivity index (χ0v) is 26.3. The van der Waals surface area contributed by atoms with Gasteiger partial charge in [-0.1, -0.05) is 140 Å². The molecule has 0 atom stereocenters. The van der Waals surface area contributed by atoms with Crippen molar-refractivity contribution < 1.29 is 4.42 Å². The van der Waals surface area contributed by atoms with Gasteiger partial charge in [-0.2, -0.15) is 0 Å². The quantitative estimate of drug-likeness (QED) is 0.195. The van der Waals surface area contributed by atoms with E-state index in [0.717, 1.165) is 54.8 Å². The Hall–Kier alpha value is -6.65. The maximum atomic E-state index is 6.25. The van der Waals surface area contributed by atoms with Crippen LogP contribution in [-0.4, -0.2) is 15.0 Å². The Morgan fingerprint density at radius 2 is 0.898 bits per heavy atom. The van der Waals surface area contributed by atoms with Crippen molar-refractivity contribution in [1.82, 2.24) is 15.0 Å². The summed E-state index contributed by atoms with van der Waals surface area (Å²) in [6, 6.07) is 57.0. The van der Waals surface area contributed by atoms with Crippen LogP contribution >= 0.6 is 0 Å². The van der Waals surface area contributed by atoms with Gasteiger partial charge in [-0.05, 0) is 67.7 Å². The van der Waals surface area contributed by atoms with Gasteiger partial charge in [-0.15, -0.1) is 0 Å². The molecule has 10 rings (SSSR count). The molecule has 8 aromatic carbocycles. The number of fused-ring (bicyclic) bond motifs is 6. The first-order valence-corrected chi connectivity index (χ1v) is 16.4. The molecule has 4 heteroatoms. The van der Waals surface area contributed by atoms with E-state index in [0.29, 0.717) is 17.5 Å². The fraction of sp³-hybridized carbons (Fsp3) is 0. The predicted molar refractivity (Wildman–Crippen MR) is 201 cm³/mol. The number of hydrogen-bond donors (Lipinski definition) is 0. The van der Waals surface area contributed by atoms with Crippen LogP contribution < -0.4 is 0 Å². The molecule has 0 spiro atoms. The summed E-state index contributed by atoms with van der Waals surface area (Å²) in [5.74, 6) is 1.86. The monoisotopic (exact) mass is 625 g/mol. The molecule has 0 N–H and O–H groups in total. The lowest BCUT2D eigenvalue weighted by Gasteiger charge is -2.12. The summed E-state index contributed by atoms with van der Waals surface area (Å²) in [6.45, 7) is 0. The van der Waals surface area contributed by atoms with Crippen molar-refractivity contribution in [3.05, 3.63) is 164 Å². The minimum Gasteiger partial charge on any atom is -0.456 e. The smallest absolute Gasteiger partial charge is 0.164 e. The number of rotatable bonds is 4. The molecule has 0 aliphatic heterocycles. The Morgan fingerprint density at radius 1 is 0.327 bits per heavy atom. The summed E-state index contributed by atoms with van der Waals surface area (Å²) in [5, 5.41) is 9.02. The van der Waals surface area contributed by atoms with E-state index in [9.17, 15) is 0 Å². The highest BCUT2D eigenvalue weighted by molar-refractivity contribution is 6.12. The normalized spacial score (nSPS) is 11.7. The van der Waals surface area contributed by atoms with Gasteiger partial charge in [-0.25, -0.2) is 15.0 Å². The van der Waals surface area contributed by atoms with E-state index in [1.807, 2.05) is 30.3 Å². The second-order valence-corrected chi connectivity index (χ2v) is 12.4. The Bertz CT molecular complexity index is 2900. The Labute approximate surface area is 282 Å². The molecule has 228 valence electrons. The molecular weight excluding hydrogens is 599 g/mol. The summed E-state index contributed by atoms with van der Waals surface area (Å²) in [6.07, 6.45) is 0. The summed E-state index contributed by atoms with van der Waals surface area (Å²) in [5.41, 5.74) is 6.83. The third kappa shape index (κ3) is 4.57. The first kappa shape index (κ1) is 27.5. The molecule has 10 aromatic rings. The lowest BCUT2D eigenvalue weighted by molar-refractivity contribution is 0.669. The zero-order valence-electron chi connectivity index (χ0n) is 26.3. The van der Waals surface area contributed by atoms with E-state index in [2.05, 4.69) is 133 Å². The number of furan rings is 1. The minimum absolute atomic E-state index is 0.606. The maximum absolute atomic E-state index is 6.25. The van der Waals surface area contributed by atoms with Crippen LogP contribution in [0, 0.1) is 0 Å². The van der Waals surface area contributed by atoms with Gasteiger partial charge in [0.1, 0.15) is 11.2 Å². The molecule has 0 aliphatic carbocycles. The molecule has 0 unspecified atom stereocenters. The fourth-order valence-corrected chi connectivity index (χ4v) is 7.16. The minimum atomic E-state index is 0.606. The first-order valence-electron chi connectivity index (χ1n) is 16.4. The van der Waals surface area contributed by atoms with Gasteiger partial charge >= 0.3 is 0 Å². The largest absolute Gasteiger partial charge is 0.456 e. The number of nitrogens with zero attached hydrogens (tertiary/aromatic N) is 3. The van der Waals surface area contributed by atoms with Crippen LogP contribution in [0.25, 0.3) is 99.5 Å². The average molecular weight is 626 g/mol. The summed E-state index contributed by atoms with van der Waals surface area (Å²) in [4.78, 5) is 15.5. The molecule has 0 saturated heterocycles. The molecule has 0 amide bonds. The molecule has 2 heterocycles. The Morgan fingerprint density at radius 3 is 1.80 bits per heavy atom. The molecular formula is C45H27N3O. The van der Waals surface area contributed by atoms with Crippen LogP contribution in [0.3, 0.4) is 0 Å².